The highest BCUT2D eigenvalue weighted by atomic mass is 35.5. The molecule has 0 saturated heterocycles. The standard InChI is InChI=1S/C16H15ClO2/c1-11-3-8-15(9-12(11)2)19-16(18)10-13-4-6-14(17)7-5-13/h3-9H,10H2,1-2H3. The molecule has 0 aliphatic carbocycles. The van der Waals surface area contributed by atoms with Crippen molar-refractivity contribution in [2.75, 3.05) is 0 Å². The molecule has 0 bridgehead atoms. The Hall–Kier alpha value is -1.80. The number of hydrogen-bond acceptors (Lipinski definition) is 2. The molecule has 0 aliphatic rings. The summed E-state index contributed by atoms with van der Waals surface area (Å²) in [5, 5.41) is 0.659. The second-order valence-electron chi connectivity index (χ2n) is 4.52. The van der Waals surface area contributed by atoms with E-state index in [0.717, 1.165) is 11.1 Å². The maximum atomic E-state index is 11.8. The normalized spacial score (nSPS) is 10.3. The van der Waals surface area contributed by atoms with Gasteiger partial charge in [-0.15, -0.1) is 0 Å². The highest BCUT2D eigenvalue weighted by Crippen LogP contribution is 2.17. The smallest absolute Gasteiger partial charge is 0.315 e. The van der Waals surface area contributed by atoms with Gasteiger partial charge in [0, 0.05) is 5.02 Å². The van der Waals surface area contributed by atoms with Gasteiger partial charge in [-0.05, 0) is 54.8 Å². The predicted molar refractivity (Wildman–Crippen MR) is 76.7 cm³/mol. The van der Waals surface area contributed by atoms with Gasteiger partial charge in [0.05, 0.1) is 6.42 Å². The van der Waals surface area contributed by atoms with E-state index in [1.807, 2.05) is 44.2 Å². The molecular weight excluding hydrogens is 260 g/mol. The molecule has 2 rings (SSSR count). The molecule has 2 aromatic rings. The van der Waals surface area contributed by atoms with Crippen molar-refractivity contribution in [2.45, 2.75) is 20.3 Å². The first kappa shape index (κ1) is 13.6. The molecule has 2 aromatic carbocycles. The Labute approximate surface area is 118 Å². The van der Waals surface area contributed by atoms with Crippen molar-refractivity contribution in [2.24, 2.45) is 0 Å². The summed E-state index contributed by atoms with van der Waals surface area (Å²) in [6.45, 7) is 4.01. The lowest BCUT2D eigenvalue weighted by molar-refractivity contribution is -0.133. The van der Waals surface area contributed by atoms with E-state index in [0.29, 0.717) is 10.8 Å². The van der Waals surface area contributed by atoms with Crippen molar-refractivity contribution < 1.29 is 9.53 Å². The number of halogens is 1. The fourth-order valence-electron chi connectivity index (χ4n) is 1.71. The zero-order chi connectivity index (χ0) is 13.8. The number of aryl methyl sites for hydroxylation is 2. The van der Waals surface area contributed by atoms with Gasteiger partial charge in [0.1, 0.15) is 5.75 Å². The van der Waals surface area contributed by atoms with E-state index < -0.39 is 0 Å². The molecule has 0 aliphatic heterocycles. The second-order valence-corrected chi connectivity index (χ2v) is 4.96. The van der Waals surface area contributed by atoms with Crippen LogP contribution >= 0.6 is 11.6 Å². The lowest BCUT2D eigenvalue weighted by atomic mass is 10.1. The molecule has 0 heterocycles. The summed E-state index contributed by atoms with van der Waals surface area (Å²) < 4.78 is 5.31. The summed E-state index contributed by atoms with van der Waals surface area (Å²) in [6.07, 6.45) is 0.240. The minimum atomic E-state index is -0.273. The van der Waals surface area contributed by atoms with Crippen molar-refractivity contribution >= 4 is 17.6 Å². The summed E-state index contributed by atoms with van der Waals surface area (Å²) in [4.78, 5) is 11.8. The number of ether oxygens (including phenoxy) is 1. The van der Waals surface area contributed by atoms with Crippen LogP contribution in [0.15, 0.2) is 42.5 Å². The van der Waals surface area contributed by atoms with E-state index in [-0.39, 0.29) is 12.4 Å². The molecule has 19 heavy (non-hydrogen) atoms. The Morgan fingerprint density at radius 2 is 1.74 bits per heavy atom. The van der Waals surface area contributed by atoms with Crippen molar-refractivity contribution in [3.8, 4) is 5.75 Å². The summed E-state index contributed by atoms with van der Waals surface area (Å²) in [6, 6.07) is 12.8. The lowest BCUT2D eigenvalue weighted by Gasteiger charge is -2.07. The van der Waals surface area contributed by atoms with E-state index >= 15 is 0 Å². The third-order valence-electron chi connectivity index (χ3n) is 2.97. The number of rotatable bonds is 3. The van der Waals surface area contributed by atoms with E-state index in [2.05, 4.69) is 0 Å². The maximum absolute atomic E-state index is 11.8. The number of carbonyl (C=O) groups excluding carboxylic acids is 1. The molecule has 98 valence electrons. The molecular formula is C16H15ClO2. The zero-order valence-corrected chi connectivity index (χ0v) is 11.7. The second kappa shape index (κ2) is 5.89. The van der Waals surface area contributed by atoms with Gasteiger partial charge >= 0.3 is 5.97 Å². The minimum absolute atomic E-state index is 0.240. The number of carbonyl (C=O) groups is 1. The van der Waals surface area contributed by atoms with E-state index in [4.69, 9.17) is 16.3 Å². The van der Waals surface area contributed by atoms with Gasteiger partial charge < -0.3 is 4.74 Å². The number of benzene rings is 2. The van der Waals surface area contributed by atoms with Crippen molar-refractivity contribution in [3.05, 3.63) is 64.2 Å². The Bertz CT molecular complexity index is 588. The zero-order valence-electron chi connectivity index (χ0n) is 10.9. The maximum Gasteiger partial charge on any atom is 0.315 e. The van der Waals surface area contributed by atoms with Gasteiger partial charge in [-0.3, -0.25) is 4.79 Å². The Balaban J connectivity index is 2.01. The molecule has 0 saturated carbocycles. The molecule has 0 N–H and O–H groups in total. The topological polar surface area (TPSA) is 26.3 Å². The van der Waals surface area contributed by atoms with Gasteiger partial charge in [0.25, 0.3) is 0 Å². The largest absolute Gasteiger partial charge is 0.426 e. The Morgan fingerprint density at radius 1 is 1.05 bits per heavy atom. The van der Waals surface area contributed by atoms with Crippen LogP contribution in [0.3, 0.4) is 0 Å². The van der Waals surface area contributed by atoms with Gasteiger partial charge in [0.2, 0.25) is 0 Å². The fourth-order valence-corrected chi connectivity index (χ4v) is 1.84. The highest BCUT2D eigenvalue weighted by Gasteiger charge is 2.07. The monoisotopic (exact) mass is 274 g/mol. The summed E-state index contributed by atoms with van der Waals surface area (Å²) >= 11 is 5.79. The SMILES string of the molecule is Cc1ccc(OC(=O)Cc2ccc(Cl)cc2)cc1C. The molecule has 0 spiro atoms. The fraction of sp³-hybridized carbons (Fsp3) is 0.188. The average molecular weight is 275 g/mol. The van der Waals surface area contributed by atoms with Crippen LogP contribution in [0.25, 0.3) is 0 Å². The summed E-state index contributed by atoms with van der Waals surface area (Å²) in [5.74, 6) is 0.313. The van der Waals surface area contributed by atoms with Crippen molar-refractivity contribution in [3.63, 3.8) is 0 Å². The summed E-state index contributed by atoms with van der Waals surface area (Å²) in [7, 11) is 0. The predicted octanol–water partition coefficient (Wildman–Crippen LogP) is 4.10. The van der Waals surface area contributed by atoms with Crippen molar-refractivity contribution in [1.29, 1.82) is 0 Å². The third-order valence-corrected chi connectivity index (χ3v) is 3.22. The van der Waals surface area contributed by atoms with E-state index in [1.54, 1.807) is 12.1 Å². The molecule has 2 nitrogen and oxygen atoms in total. The van der Waals surface area contributed by atoms with Gasteiger partial charge in [-0.1, -0.05) is 29.8 Å². The van der Waals surface area contributed by atoms with Crippen LogP contribution in [0.1, 0.15) is 16.7 Å². The first-order valence-electron chi connectivity index (χ1n) is 6.07. The van der Waals surface area contributed by atoms with E-state index in [1.165, 1.54) is 5.56 Å². The van der Waals surface area contributed by atoms with Crippen LogP contribution in [0, 0.1) is 13.8 Å². The Morgan fingerprint density at radius 3 is 2.37 bits per heavy atom. The molecule has 0 unspecified atom stereocenters. The molecule has 0 radical (unpaired) electrons. The third kappa shape index (κ3) is 3.83. The number of hydrogen-bond donors (Lipinski definition) is 0. The van der Waals surface area contributed by atoms with Crippen LogP contribution in [-0.4, -0.2) is 5.97 Å². The highest BCUT2D eigenvalue weighted by molar-refractivity contribution is 6.30. The molecule has 0 amide bonds. The number of esters is 1. The molecule has 3 heteroatoms. The van der Waals surface area contributed by atoms with Crippen LogP contribution in [-0.2, 0) is 11.2 Å². The summed E-state index contributed by atoms with van der Waals surface area (Å²) in [5.41, 5.74) is 3.17. The average Bonchev–Trinajstić information content (AvgIpc) is 2.37. The van der Waals surface area contributed by atoms with Gasteiger partial charge in [0.15, 0.2) is 0 Å². The lowest BCUT2D eigenvalue weighted by Crippen LogP contribution is -2.11. The van der Waals surface area contributed by atoms with Crippen molar-refractivity contribution in [1.82, 2.24) is 0 Å². The molecule has 0 aromatic heterocycles. The van der Waals surface area contributed by atoms with Crippen LogP contribution in [0.5, 0.6) is 5.75 Å². The van der Waals surface area contributed by atoms with Gasteiger partial charge in [-0.2, -0.15) is 0 Å². The quantitative estimate of drug-likeness (QED) is 0.622. The minimum Gasteiger partial charge on any atom is -0.426 e. The Kier molecular flexibility index (Phi) is 4.23. The van der Waals surface area contributed by atoms with Crippen LogP contribution < -0.4 is 4.74 Å². The molecule has 0 fully saturated rings. The van der Waals surface area contributed by atoms with E-state index in [9.17, 15) is 4.79 Å². The first-order valence-corrected chi connectivity index (χ1v) is 6.45. The van der Waals surface area contributed by atoms with Crippen LogP contribution in [0.2, 0.25) is 5.02 Å². The van der Waals surface area contributed by atoms with Gasteiger partial charge in [-0.25, -0.2) is 0 Å². The molecule has 0 atom stereocenters. The first-order chi connectivity index (χ1) is 9.04. The van der Waals surface area contributed by atoms with Crippen LogP contribution in [0.4, 0.5) is 0 Å².